The van der Waals surface area contributed by atoms with Crippen LogP contribution in [0.3, 0.4) is 0 Å². The summed E-state index contributed by atoms with van der Waals surface area (Å²) in [6.45, 7) is 0.467. The Balaban J connectivity index is 1.42. The molecule has 0 bridgehead atoms. The van der Waals surface area contributed by atoms with E-state index in [1.54, 1.807) is 24.3 Å². The summed E-state index contributed by atoms with van der Waals surface area (Å²) in [6, 6.07) is 22.1. The molecule has 3 aromatic carbocycles. The second-order valence-corrected chi connectivity index (χ2v) is 7.65. The number of rotatable bonds is 9. The maximum atomic E-state index is 12.0. The molecule has 0 aliphatic carbocycles. The van der Waals surface area contributed by atoms with Gasteiger partial charge in [-0.25, -0.2) is 5.43 Å². The van der Waals surface area contributed by atoms with Gasteiger partial charge in [-0.05, 0) is 59.7 Å². The van der Waals surface area contributed by atoms with E-state index in [-0.39, 0.29) is 6.42 Å². The molecule has 2 N–H and O–H groups in total. The zero-order chi connectivity index (χ0) is 22.8. The SMILES string of the molecule is COc1cccc(NC(=O)CC(=O)NN=Cc2ccc(OCc3ccc(Br)cc3)cc2)c1. The van der Waals surface area contributed by atoms with Crippen molar-refractivity contribution < 1.29 is 19.1 Å². The molecule has 0 saturated heterocycles. The lowest BCUT2D eigenvalue weighted by atomic mass is 10.2. The summed E-state index contributed by atoms with van der Waals surface area (Å²) in [5.41, 5.74) is 4.74. The summed E-state index contributed by atoms with van der Waals surface area (Å²) < 4.78 is 11.9. The first-order valence-electron chi connectivity index (χ1n) is 9.75. The van der Waals surface area contributed by atoms with E-state index in [0.29, 0.717) is 18.0 Å². The Hall–Kier alpha value is -3.65. The molecule has 3 rings (SSSR count). The number of hydrogen-bond acceptors (Lipinski definition) is 5. The summed E-state index contributed by atoms with van der Waals surface area (Å²) in [5, 5.41) is 6.53. The Morgan fingerprint density at radius 2 is 1.72 bits per heavy atom. The van der Waals surface area contributed by atoms with Crippen molar-refractivity contribution in [1.82, 2.24) is 5.43 Å². The lowest BCUT2D eigenvalue weighted by Crippen LogP contribution is -2.24. The molecule has 0 radical (unpaired) electrons. The number of halogens is 1. The van der Waals surface area contributed by atoms with E-state index < -0.39 is 11.8 Å². The number of ether oxygens (including phenoxy) is 2. The minimum absolute atomic E-state index is 0.350. The zero-order valence-electron chi connectivity index (χ0n) is 17.4. The fourth-order valence-electron chi connectivity index (χ4n) is 2.67. The number of nitrogens with one attached hydrogen (secondary N) is 2. The van der Waals surface area contributed by atoms with Crippen molar-refractivity contribution in [2.24, 2.45) is 5.10 Å². The van der Waals surface area contributed by atoms with Crippen LogP contribution in [0.4, 0.5) is 5.69 Å². The van der Waals surface area contributed by atoms with Gasteiger partial charge in [0.05, 0.1) is 13.3 Å². The number of anilines is 1. The van der Waals surface area contributed by atoms with Crippen molar-refractivity contribution in [1.29, 1.82) is 0 Å². The molecule has 0 saturated carbocycles. The van der Waals surface area contributed by atoms with Gasteiger partial charge in [0.15, 0.2) is 0 Å². The molecule has 3 aromatic rings. The number of hydrogen-bond donors (Lipinski definition) is 2. The Kier molecular flexibility index (Phi) is 8.39. The molecular weight excluding hydrogens is 474 g/mol. The summed E-state index contributed by atoms with van der Waals surface area (Å²) in [4.78, 5) is 23.9. The fourth-order valence-corrected chi connectivity index (χ4v) is 2.93. The molecule has 7 nitrogen and oxygen atoms in total. The smallest absolute Gasteiger partial charge is 0.249 e. The van der Waals surface area contributed by atoms with Crippen molar-refractivity contribution in [2.75, 3.05) is 12.4 Å². The van der Waals surface area contributed by atoms with Gasteiger partial charge in [-0.3, -0.25) is 9.59 Å². The van der Waals surface area contributed by atoms with E-state index in [9.17, 15) is 9.59 Å². The van der Waals surface area contributed by atoms with Gasteiger partial charge < -0.3 is 14.8 Å². The third-order valence-electron chi connectivity index (χ3n) is 4.28. The molecule has 32 heavy (non-hydrogen) atoms. The summed E-state index contributed by atoms with van der Waals surface area (Å²) in [6.07, 6.45) is 1.15. The zero-order valence-corrected chi connectivity index (χ0v) is 19.0. The van der Waals surface area contributed by atoms with Gasteiger partial charge in [0, 0.05) is 16.2 Å². The van der Waals surface area contributed by atoms with Crippen LogP contribution >= 0.6 is 15.9 Å². The maximum absolute atomic E-state index is 12.0. The number of benzene rings is 3. The number of hydrazone groups is 1. The molecule has 8 heteroatoms. The molecule has 0 unspecified atom stereocenters. The normalized spacial score (nSPS) is 10.6. The second kappa shape index (κ2) is 11.7. The molecule has 0 aliphatic rings. The van der Waals surface area contributed by atoms with Gasteiger partial charge in [-0.1, -0.05) is 34.1 Å². The number of methoxy groups -OCH3 is 1. The van der Waals surface area contributed by atoms with Crippen LogP contribution in [0.5, 0.6) is 11.5 Å². The van der Waals surface area contributed by atoms with Gasteiger partial charge in [-0.15, -0.1) is 0 Å². The standard InChI is InChI=1S/C24H22BrN3O4/c1-31-22-4-2-3-20(13-22)27-23(29)14-24(30)28-26-15-17-7-11-21(12-8-17)32-16-18-5-9-19(25)10-6-18/h2-13,15H,14,16H2,1H3,(H,27,29)(H,28,30). The van der Waals surface area contributed by atoms with Crippen LogP contribution in [0.2, 0.25) is 0 Å². The average molecular weight is 496 g/mol. The third-order valence-corrected chi connectivity index (χ3v) is 4.81. The predicted octanol–water partition coefficient (Wildman–Crippen LogP) is 4.52. The summed E-state index contributed by atoms with van der Waals surface area (Å²) in [5.74, 6) is 0.374. The van der Waals surface area contributed by atoms with Crippen molar-refractivity contribution >= 4 is 39.6 Å². The molecular formula is C24H22BrN3O4. The lowest BCUT2D eigenvalue weighted by Gasteiger charge is -2.07. The first-order valence-corrected chi connectivity index (χ1v) is 10.5. The van der Waals surface area contributed by atoms with Crippen molar-refractivity contribution in [2.45, 2.75) is 13.0 Å². The van der Waals surface area contributed by atoms with Crippen LogP contribution in [0.15, 0.2) is 82.4 Å². The van der Waals surface area contributed by atoms with E-state index in [4.69, 9.17) is 9.47 Å². The minimum atomic E-state index is -0.518. The predicted molar refractivity (Wildman–Crippen MR) is 127 cm³/mol. The molecule has 164 valence electrons. The second-order valence-electron chi connectivity index (χ2n) is 6.73. The molecule has 0 fully saturated rings. The first kappa shape index (κ1) is 23.0. The number of carbonyl (C=O) groups is 2. The minimum Gasteiger partial charge on any atom is -0.497 e. The highest BCUT2D eigenvalue weighted by Crippen LogP contribution is 2.17. The Labute approximate surface area is 194 Å². The van der Waals surface area contributed by atoms with E-state index in [0.717, 1.165) is 21.3 Å². The maximum Gasteiger partial charge on any atom is 0.249 e. The molecule has 0 heterocycles. The fraction of sp³-hybridized carbons (Fsp3) is 0.125. The van der Waals surface area contributed by atoms with Crippen LogP contribution < -0.4 is 20.2 Å². The van der Waals surface area contributed by atoms with Crippen LogP contribution in [-0.4, -0.2) is 25.1 Å². The summed E-state index contributed by atoms with van der Waals surface area (Å²) in [7, 11) is 1.54. The van der Waals surface area contributed by atoms with E-state index >= 15 is 0 Å². The molecule has 2 amide bonds. The monoisotopic (exact) mass is 495 g/mol. The highest BCUT2D eigenvalue weighted by atomic mass is 79.9. The Bertz CT molecular complexity index is 1080. The van der Waals surface area contributed by atoms with Crippen LogP contribution in [0.1, 0.15) is 17.5 Å². The van der Waals surface area contributed by atoms with Crippen LogP contribution in [-0.2, 0) is 16.2 Å². The van der Waals surface area contributed by atoms with Gasteiger partial charge >= 0.3 is 0 Å². The van der Waals surface area contributed by atoms with Crippen LogP contribution in [0, 0.1) is 0 Å². The largest absolute Gasteiger partial charge is 0.497 e. The van der Waals surface area contributed by atoms with Crippen molar-refractivity contribution in [3.63, 3.8) is 0 Å². The molecule has 0 aromatic heterocycles. The molecule has 0 spiro atoms. The molecule has 0 atom stereocenters. The Morgan fingerprint density at radius 3 is 2.44 bits per heavy atom. The number of nitrogens with zero attached hydrogens (tertiary/aromatic N) is 1. The van der Waals surface area contributed by atoms with Gasteiger partial charge in [0.2, 0.25) is 11.8 Å². The number of carbonyl (C=O) groups excluding carboxylic acids is 2. The van der Waals surface area contributed by atoms with Gasteiger partial charge in [0.1, 0.15) is 24.5 Å². The lowest BCUT2D eigenvalue weighted by molar-refractivity contribution is -0.126. The van der Waals surface area contributed by atoms with Gasteiger partial charge in [0.25, 0.3) is 0 Å². The molecule has 0 aliphatic heterocycles. The van der Waals surface area contributed by atoms with E-state index in [1.165, 1.54) is 13.3 Å². The van der Waals surface area contributed by atoms with Crippen molar-refractivity contribution in [3.05, 3.63) is 88.4 Å². The number of amides is 2. The third kappa shape index (κ3) is 7.55. The highest BCUT2D eigenvalue weighted by Gasteiger charge is 2.09. The highest BCUT2D eigenvalue weighted by molar-refractivity contribution is 9.10. The van der Waals surface area contributed by atoms with Gasteiger partial charge in [-0.2, -0.15) is 5.10 Å². The Morgan fingerprint density at radius 1 is 0.969 bits per heavy atom. The summed E-state index contributed by atoms with van der Waals surface area (Å²) >= 11 is 3.41. The van der Waals surface area contributed by atoms with Crippen LogP contribution in [0.25, 0.3) is 0 Å². The first-order chi connectivity index (χ1) is 15.5. The van der Waals surface area contributed by atoms with E-state index in [2.05, 4.69) is 31.8 Å². The van der Waals surface area contributed by atoms with E-state index in [1.807, 2.05) is 48.5 Å². The average Bonchev–Trinajstić information content (AvgIpc) is 2.79. The van der Waals surface area contributed by atoms with Crippen molar-refractivity contribution in [3.8, 4) is 11.5 Å². The quantitative estimate of drug-likeness (QED) is 0.259. The topological polar surface area (TPSA) is 89.0 Å².